The van der Waals surface area contributed by atoms with E-state index in [1.165, 1.54) is 43.2 Å². The third-order valence-corrected chi connectivity index (χ3v) is 13.8. The molecule has 3 aromatic carbocycles. The van der Waals surface area contributed by atoms with Gasteiger partial charge in [0.1, 0.15) is 22.8 Å². The van der Waals surface area contributed by atoms with Crippen molar-refractivity contribution in [2.75, 3.05) is 62.7 Å². The summed E-state index contributed by atoms with van der Waals surface area (Å²) in [5, 5.41) is 16.7. The number of hydrogen-bond donors (Lipinski definition) is 3. The van der Waals surface area contributed by atoms with Gasteiger partial charge in [-0.15, -0.1) is 0 Å². The molecule has 1 saturated carbocycles. The quantitative estimate of drug-likeness (QED) is 0.0770. The van der Waals surface area contributed by atoms with Crippen LogP contribution in [0.25, 0.3) is 11.0 Å². The number of aromatic amines is 1. The summed E-state index contributed by atoms with van der Waals surface area (Å²) in [5.41, 5.74) is 2.61. The highest BCUT2D eigenvalue weighted by Crippen LogP contribution is 2.41. The molecule has 1 aliphatic carbocycles. The lowest BCUT2D eigenvalue weighted by Gasteiger charge is -2.42. The largest absolute Gasteiger partial charge is 0.455 e. The molecule has 14 nitrogen and oxygen atoms in total. The summed E-state index contributed by atoms with van der Waals surface area (Å²) < 4.78 is 41.1. The maximum Gasteiger partial charge on any atom is 0.293 e. The Hall–Kier alpha value is -5.22. The van der Waals surface area contributed by atoms with Crippen LogP contribution in [0.2, 0.25) is 5.02 Å². The van der Waals surface area contributed by atoms with Crippen LogP contribution in [0.5, 0.6) is 11.5 Å². The lowest BCUT2D eigenvalue weighted by Crippen LogP contribution is -2.48. The van der Waals surface area contributed by atoms with E-state index in [4.69, 9.17) is 21.1 Å². The summed E-state index contributed by atoms with van der Waals surface area (Å²) in [6.45, 7) is 8.34. The van der Waals surface area contributed by atoms with Gasteiger partial charge < -0.3 is 24.7 Å². The molecule has 3 aliphatic rings. The third-order valence-electron chi connectivity index (χ3n) is 12.2. The Bertz CT molecular complexity index is 2430. The molecule has 3 fully saturated rings. The fourth-order valence-corrected chi connectivity index (χ4v) is 9.98. The number of hydrogen-bond acceptors (Lipinski definition) is 11. The van der Waals surface area contributed by atoms with Crippen molar-refractivity contribution in [2.45, 2.75) is 49.8 Å². The number of ether oxygens (including phenoxy) is 2. The summed E-state index contributed by atoms with van der Waals surface area (Å²) in [6, 6.07) is 20.6. The van der Waals surface area contributed by atoms with Crippen LogP contribution < -0.4 is 19.7 Å². The number of anilines is 2. The molecule has 0 radical (unpaired) electrons. The third kappa shape index (κ3) is 9.70. The zero-order chi connectivity index (χ0) is 41.8. The van der Waals surface area contributed by atoms with Crippen LogP contribution in [0, 0.1) is 27.9 Å². The molecule has 5 aromatic rings. The number of carbonyl (C=O) groups excluding carboxylic acids is 1. The zero-order valence-corrected chi connectivity index (χ0v) is 35.1. The maximum atomic E-state index is 13.9. The molecule has 2 aliphatic heterocycles. The summed E-state index contributed by atoms with van der Waals surface area (Å²) in [7, 11) is -4.55. The van der Waals surface area contributed by atoms with Crippen molar-refractivity contribution in [1.29, 1.82) is 0 Å². The average Bonchev–Trinajstić information content (AvgIpc) is 3.72. The number of nitro benzene ring substituents is 1. The number of nitrogens with one attached hydrogen (secondary N) is 3. The summed E-state index contributed by atoms with van der Waals surface area (Å²) in [6.07, 6.45) is 8.53. The van der Waals surface area contributed by atoms with E-state index in [2.05, 4.69) is 48.9 Å². The number of halogens is 1. The first-order valence-electron chi connectivity index (χ1n) is 20.6. The highest BCUT2D eigenvalue weighted by Gasteiger charge is 2.33. The Labute approximate surface area is 354 Å². The van der Waals surface area contributed by atoms with Crippen LogP contribution >= 0.6 is 11.6 Å². The predicted octanol–water partition coefficient (Wildman–Crippen LogP) is 8.22. The van der Waals surface area contributed by atoms with Gasteiger partial charge in [0.2, 0.25) is 0 Å². The van der Waals surface area contributed by atoms with Crippen molar-refractivity contribution in [3.05, 3.63) is 111 Å². The first kappa shape index (κ1) is 41.5. The average molecular weight is 856 g/mol. The number of nitro groups is 1. The van der Waals surface area contributed by atoms with Gasteiger partial charge in [0.25, 0.3) is 21.6 Å². The van der Waals surface area contributed by atoms with Crippen LogP contribution in [-0.2, 0) is 14.8 Å². The van der Waals surface area contributed by atoms with Crippen LogP contribution in [0.4, 0.5) is 17.1 Å². The van der Waals surface area contributed by atoms with Gasteiger partial charge in [0.15, 0.2) is 0 Å². The number of fused-ring (bicyclic) bond motifs is 1. The van der Waals surface area contributed by atoms with Gasteiger partial charge in [0.05, 0.1) is 21.6 Å². The summed E-state index contributed by atoms with van der Waals surface area (Å²) >= 11 is 6.22. The second-order valence-electron chi connectivity index (χ2n) is 16.3. The number of nitrogens with zero attached hydrogens (tertiary/aromatic N) is 4. The highest BCUT2D eigenvalue weighted by atomic mass is 35.5. The number of pyridine rings is 1. The van der Waals surface area contributed by atoms with Crippen molar-refractivity contribution < 1.29 is 27.6 Å². The van der Waals surface area contributed by atoms with E-state index in [0.29, 0.717) is 48.9 Å². The zero-order valence-electron chi connectivity index (χ0n) is 33.5. The minimum Gasteiger partial charge on any atom is -0.455 e. The van der Waals surface area contributed by atoms with E-state index in [0.717, 1.165) is 67.7 Å². The monoisotopic (exact) mass is 855 g/mol. The lowest BCUT2D eigenvalue weighted by atomic mass is 9.71. The lowest BCUT2D eigenvalue weighted by molar-refractivity contribution is -0.384. The van der Waals surface area contributed by atoms with Gasteiger partial charge in [-0.25, -0.2) is 18.1 Å². The Morgan fingerprint density at radius 3 is 2.55 bits per heavy atom. The van der Waals surface area contributed by atoms with Crippen LogP contribution in [0.3, 0.4) is 0 Å². The van der Waals surface area contributed by atoms with Crippen molar-refractivity contribution in [2.24, 2.45) is 17.8 Å². The van der Waals surface area contributed by atoms with Gasteiger partial charge in [-0.05, 0) is 103 Å². The molecule has 316 valence electrons. The molecule has 3 N–H and O–H groups in total. The van der Waals surface area contributed by atoms with Gasteiger partial charge in [-0.1, -0.05) is 37.1 Å². The second kappa shape index (κ2) is 18.2. The van der Waals surface area contributed by atoms with E-state index in [1.807, 2.05) is 18.2 Å². The Morgan fingerprint density at radius 1 is 1.00 bits per heavy atom. The normalized spacial score (nSPS) is 20.5. The molecule has 4 heterocycles. The van der Waals surface area contributed by atoms with Crippen molar-refractivity contribution in [1.82, 2.24) is 19.6 Å². The first-order valence-corrected chi connectivity index (χ1v) is 22.5. The number of aromatic nitrogens is 2. The smallest absolute Gasteiger partial charge is 0.293 e. The van der Waals surface area contributed by atoms with E-state index >= 15 is 0 Å². The molecule has 1 unspecified atom stereocenters. The summed E-state index contributed by atoms with van der Waals surface area (Å²) in [5.74, 6) is 1.56. The molecule has 0 spiro atoms. The first-order chi connectivity index (χ1) is 29.0. The number of rotatable bonds is 13. The van der Waals surface area contributed by atoms with E-state index < -0.39 is 31.4 Å². The van der Waals surface area contributed by atoms with E-state index in [-0.39, 0.29) is 22.9 Å². The number of sulfonamides is 1. The SMILES string of the molecule is CC1CC[C@@H](c2ccc(Cl)cc2)[C@H](CN2CCN(c3ccc(C(=O)NS(=O)(=O)c4ccc(NCC5CCOCC5)c([N+](=O)[O-])c4)c(Oc4cnc5[nH]ccc5c4)c3)CC2)C1. The molecule has 8 rings (SSSR count). The number of H-pyrrole nitrogens is 1. The molecule has 2 aromatic heterocycles. The van der Waals surface area contributed by atoms with Crippen molar-refractivity contribution in [3.8, 4) is 11.5 Å². The van der Waals surface area contributed by atoms with Crippen LogP contribution in [0.15, 0.2) is 90.1 Å². The predicted molar refractivity (Wildman–Crippen MR) is 232 cm³/mol. The highest BCUT2D eigenvalue weighted by molar-refractivity contribution is 7.90. The Balaban J connectivity index is 0.988. The standard InChI is InChI=1S/C44H50ClN7O7S/c1-29-2-9-38(31-3-5-34(45)6-4-31)33(22-29)28-50-16-18-51(19-17-50)35-7-10-39(42(24-35)59-36-23-32-12-15-46-43(32)48-27-36)44(53)49-60(56,57)37-8-11-40(41(25-37)52(54)55)47-26-30-13-20-58-21-14-30/h3-8,10-12,15,23-25,27,29-30,33,38,47H,2,9,13-14,16-22,26,28H2,1H3,(H,46,48)(H,49,53)/t29?,33-,38-/m0/s1. The van der Waals surface area contributed by atoms with Gasteiger partial charge in [-0.3, -0.25) is 19.8 Å². The van der Waals surface area contributed by atoms with Gasteiger partial charge in [0, 0.05) is 86.9 Å². The fourth-order valence-electron chi connectivity index (χ4n) is 8.87. The minimum atomic E-state index is -4.55. The van der Waals surface area contributed by atoms with Gasteiger partial charge in [-0.2, -0.15) is 0 Å². The Kier molecular flexibility index (Phi) is 12.6. The number of benzene rings is 3. The van der Waals surface area contributed by atoms with Gasteiger partial charge >= 0.3 is 0 Å². The Morgan fingerprint density at radius 2 is 1.78 bits per heavy atom. The number of carbonyl (C=O) groups is 1. The van der Waals surface area contributed by atoms with Crippen LogP contribution in [0.1, 0.15) is 60.9 Å². The van der Waals surface area contributed by atoms with Crippen LogP contribution in [-0.4, -0.2) is 86.6 Å². The maximum absolute atomic E-state index is 13.9. The minimum absolute atomic E-state index is 0.0287. The van der Waals surface area contributed by atoms with Crippen molar-refractivity contribution in [3.63, 3.8) is 0 Å². The number of piperazine rings is 1. The molecule has 2 saturated heterocycles. The molecular formula is C44H50ClN7O7S. The molecule has 1 amide bonds. The molecule has 60 heavy (non-hydrogen) atoms. The molecule has 0 bridgehead atoms. The van der Waals surface area contributed by atoms with E-state index in [1.54, 1.807) is 30.5 Å². The fraction of sp³-hybridized carbons (Fsp3) is 0.409. The second-order valence-corrected chi connectivity index (χ2v) is 18.4. The summed E-state index contributed by atoms with van der Waals surface area (Å²) in [4.78, 5) is 37.2. The molecule has 3 atom stereocenters. The van der Waals surface area contributed by atoms with Crippen molar-refractivity contribution >= 4 is 55.6 Å². The van der Waals surface area contributed by atoms with E-state index in [9.17, 15) is 23.3 Å². The number of amides is 1. The topological polar surface area (TPSA) is 172 Å². The molecule has 16 heteroatoms. The molecular weight excluding hydrogens is 806 g/mol.